The van der Waals surface area contributed by atoms with Crippen LogP contribution in [0.3, 0.4) is 0 Å². The molecule has 4 rings (SSSR count). The van der Waals surface area contributed by atoms with Gasteiger partial charge in [0.25, 0.3) is 5.91 Å². The van der Waals surface area contributed by atoms with Gasteiger partial charge in [-0.15, -0.1) is 11.3 Å². The van der Waals surface area contributed by atoms with Crippen LogP contribution in [0.25, 0.3) is 10.6 Å². The van der Waals surface area contributed by atoms with E-state index in [4.69, 9.17) is 16.3 Å². The van der Waals surface area contributed by atoms with Gasteiger partial charge in [-0.25, -0.2) is 9.78 Å². The van der Waals surface area contributed by atoms with Crippen molar-refractivity contribution in [2.75, 3.05) is 7.11 Å². The van der Waals surface area contributed by atoms with Gasteiger partial charge >= 0.3 is 6.03 Å². The molecule has 8 heteroatoms. The Kier molecular flexibility index (Phi) is 5.02. The normalized spacial score (nSPS) is 18.8. The molecular formula is C21H18ClN3O3S. The van der Waals surface area contributed by atoms with E-state index in [2.05, 4.69) is 10.3 Å². The van der Waals surface area contributed by atoms with E-state index in [9.17, 15) is 9.59 Å². The largest absolute Gasteiger partial charge is 0.497 e. The van der Waals surface area contributed by atoms with Gasteiger partial charge in [-0.3, -0.25) is 9.69 Å². The molecule has 1 aliphatic rings. The number of carbonyl (C=O) groups excluding carboxylic acids is 2. The lowest BCUT2D eigenvalue weighted by Crippen LogP contribution is -2.40. The molecule has 1 atom stereocenters. The average Bonchev–Trinajstić information content (AvgIpc) is 3.27. The van der Waals surface area contributed by atoms with Gasteiger partial charge in [-0.05, 0) is 36.8 Å². The summed E-state index contributed by atoms with van der Waals surface area (Å²) in [5, 5.41) is 5.94. The molecule has 1 unspecified atom stereocenters. The Morgan fingerprint density at radius 1 is 1.21 bits per heavy atom. The first-order valence-electron chi connectivity index (χ1n) is 8.90. The molecule has 0 bridgehead atoms. The van der Waals surface area contributed by atoms with Crippen molar-refractivity contribution in [3.63, 3.8) is 0 Å². The number of methoxy groups -OCH3 is 1. The Bertz CT molecular complexity index is 1100. The Balaban J connectivity index is 1.56. The first-order chi connectivity index (χ1) is 13.9. The lowest BCUT2D eigenvalue weighted by molar-refractivity contribution is -0.131. The number of urea groups is 1. The second-order valence-electron chi connectivity index (χ2n) is 6.83. The molecule has 1 aliphatic heterocycles. The fourth-order valence-electron chi connectivity index (χ4n) is 3.27. The third-order valence-electron chi connectivity index (χ3n) is 4.87. The molecule has 148 valence electrons. The molecule has 1 aromatic heterocycles. The molecule has 3 amide bonds. The summed E-state index contributed by atoms with van der Waals surface area (Å²) < 4.78 is 5.25. The van der Waals surface area contributed by atoms with E-state index in [0.29, 0.717) is 16.3 Å². The van der Waals surface area contributed by atoms with Crippen LogP contribution in [0.5, 0.6) is 5.75 Å². The molecule has 0 spiro atoms. The highest BCUT2D eigenvalue weighted by Gasteiger charge is 2.49. The fourth-order valence-corrected chi connectivity index (χ4v) is 4.26. The van der Waals surface area contributed by atoms with Crippen LogP contribution in [-0.2, 0) is 16.9 Å². The van der Waals surface area contributed by atoms with Crippen molar-refractivity contribution >= 4 is 34.9 Å². The number of hydrogen-bond donors (Lipinski definition) is 1. The lowest BCUT2D eigenvalue weighted by Gasteiger charge is -2.22. The Morgan fingerprint density at radius 3 is 2.76 bits per heavy atom. The van der Waals surface area contributed by atoms with Gasteiger partial charge < -0.3 is 10.1 Å². The monoisotopic (exact) mass is 427 g/mol. The number of nitrogens with zero attached hydrogens (tertiary/aromatic N) is 2. The SMILES string of the molecule is COc1cccc(-c2nc(CN3C(=O)NC(C)(c4cccc(Cl)c4)C3=O)cs2)c1. The predicted octanol–water partition coefficient (Wildman–Crippen LogP) is 4.44. The molecule has 0 saturated carbocycles. The van der Waals surface area contributed by atoms with Crippen molar-refractivity contribution in [3.8, 4) is 16.3 Å². The van der Waals surface area contributed by atoms with E-state index in [1.54, 1.807) is 38.3 Å². The van der Waals surface area contributed by atoms with Crippen LogP contribution >= 0.6 is 22.9 Å². The Hall–Kier alpha value is -2.90. The van der Waals surface area contributed by atoms with Crippen molar-refractivity contribution in [3.05, 3.63) is 70.2 Å². The third-order valence-corrected chi connectivity index (χ3v) is 6.04. The maximum absolute atomic E-state index is 13.1. The average molecular weight is 428 g/mol. The Labute approximate surface area is 177 Å². The molecule has 29 heavy (non-hydrogen) atoms. The molecule has 0 radical (unpaired) electrons. The summed E-state index contributed by atoms with van der Waals surface area (Å²) in [6.07, 6.45) is 0. The first kappa shape index (κ1) is 19.4. The van der Waals surface area contributed by atoms with Crippen molar-refractivity contribution < 1.29 is 14.3 Å². The molecule has 2 aromatic carbocycles. The molecule has 1 N–H and O–H groups in total. The minimum absolute atomic E-state index is 0.0985. The van der Waals surface area contributed by atoms with Gasteiger partial charge in [0.05, 0.1) is 19.3 Å². The lowest BCUT2D eigenvalue weighted by atomic mass is 9.92. The number of halogens is 1. The van der Waals surface area contributed by atoms with Gasteiger partial charge in [0.15, 0.2) is 0 Å². The van der Waals surface area contributed by atoms with E-state index in [1.807, 2.05) is 29.6 Å². The van der Waals surface area contributed by atoms with E-state index in [-0.39, 0.29) is 12.5 Å². The first-order valence-corrected chi connectivity index (χ1v) is 10.2. The third kappa shape index (κ3) is 3.59. The summed E-state index contributed by atoms with van der Waals surface area (Å²) in [7, 11) is 1.61. The second-order valence-corrected chi connectivity index (χ2v) is 8.13. The highest BCUT2D eigenvalue weighted by molar-refractivity contribution is 7.13. The number of rotatable bonds is 5. The number of carbonyl (C=O) groups is 2. The van der Waals surface area contributed by atoms with E-state index in [0.717, 1.165) is 16.3 Å². The van der Waals surface area contributed by atoms with Crippen LogP contribution in [0.4, 0.5) is 4.79 Å². The molecule has 1 fully saturated rings. The minimum atomic E-state index is -1.16. The van der Waals surface area contributed by atoms with Crippen LogP contribution < -0.4 is 10.1 Å². The molecule has 2 heterocycles. The number of nitrogens with one attached hydrogen (secondary N) is 1. The van der Waals surface area contributed by atoms with Crippen LogP contribution in [0.2, 0.25) is 5.02 Å². The maximum Gasteiger partial charge on any atom is 0.325 e. The summed E-state index contributed by atoms with van der Waals surface area (Å²) in [5.74, 6) is 0.409. The Morgan fingerprint density at radius 2 is 2.00 bits per heavy atom. The number of benzene rings is 2. The highest BCUT2D eigenvalue weighted by Crippen LogP contribution is 2.32. The van der Waals surface area contributed by atoms with Gasteiger partial charge in [0.2, 0.25) is 0 Å². The number of hydrogen-bond acceptors (Lipinski definition) is 5. The minimum Gasteiger partial charge on any atom is -0.497 e. The molecule has 3 aromatic rings. The van der Waals surface area contributed by atoms with E-state index in [1.165, 1.54) is 16.2 Å². The van der Waals surface area contributed by atoms with Crippen LogP contribution in [-0.4, -0.2) is 28.9 Å². The van der Waals surface area contributed by atoms with Crippen molar-refractivity contribution in [1.29, 1.82) is 0 Å². The standard InChI is InChI=1S/C21H18ClN3O3S/c1-21(14-6-4-7-15(22)10-14)19(26)25(20(27)24-21)11-16-12-29-18(23-16)13-5-3-8-17(9-13)28-2/h3-10,12H,11H2,1-2H3,(H,24,27). The van der Waals surface area contributed by atoms with Gasteiger partial charge in [-0.1, -0.05) is 35.9 Å². The smallest absolute Gasteiger partial charge is 0.325 e. The second kappa shape index (κ2) is 7.50. The highest BCUT2D eigenvalue weighted by atomic mass is 35.5. The molecule has 6 nitrogen and oxygen atoms in total. The molecular weight excluding hydrogens is 410 g/mol. The summed E-state index contributed by atoms with van der Waals surface area (Å²) in [6, 6.07) is 14.1. The summed E-state index contributed by atoms with van der Waals surface area (Å²) >= 11 is 7.52. The number of aromatic nitrogens is 1. The number of imide groups is 1. The number of amides is 3. The van der Waals surface area contributed by atoms with Gasteiger partial charge in [0.1, 0.15) is 16.3 Å². The zero-order valence-corrected chi connectivity index (χ0v) is 17.4. The fraction of sp³-hybridized carbons (Fsp3) is 0.190. The zero-order chi connectivity index (χ0) is 20.6. The molecule has 1 saturated heterocycles. The predicted molar refractivity (Wildman–Crippen MR) is 112 cm³/mol. The summed E-state index contributed by atoms with van der Waals surface area (Å²) in [5.41, 5.74) is 1.04. The molecule has 0 aliphatic carbocycles. The van der Waals surface area contributed by atoms with Gasteiger partial charge in [0, 0.05) is 16.0 Å². The van der Waals surface area contributed by atoms with Crippen molar-refractivity contribution in [1.82, 2.24) is 15.2 Å². The van der Waals surface area contributed by atoms with Crippen LogP contribution in [0.1, 0.15) is 18.2 Å². The van der Waals surface area contributed by atoms with Crippen molar-refractivity contribution in [2.45, 2.75) is 19.0 Å². The van der Waals surface area contributed by atoms with Crippen molar-refractivity contribution in [2.24, 2.45) is 0 Å². The topological polar surface area (TPSA) is 71.5 Å². The zero-order valence-electron chi connectivity index (χ0n) is 15.8. The van der Waals surface area contributed by atoms with Gasteiger partial charge in [-0.2, -0.15) is 0 Å². The number of ether oxygens (including phenoxy) is 1. The number of thiazole rings is 1. The van der Waals surface area contributed by atoms with Crippen LogP contribution in [0.15, 0.2) is 53.9 Å². The van der Waals surface area contributed by atoms with E-state index < -0.39 is 11.6 Å². The summed E-state index contributed by atoms with van der Waals surface area (Å²) in [4.78, 5) is 31.4. The quantitative estimate of drug-likeness (QED) is 0.611. The van der Waals surface area contributed by atoms with E-state index >= 15 is 0 Å². The summed E-state index contributed by atoms with van der Waals surface area (Å²) in [6.45, 7) is 1.78. The maximum atomic E-state index is 13.1. The van der Waals surface area contributed by atoms with Crippen LogP contribution in [0, 0.1) is 0 Å².